The minimum atomic E-state index is 0.258. The van der Waals surface area contributed by atoms with E-state index in [0.29, 0.717) is 12.5 Å². The molecule has 1 aromatic carbocycles. The quantitative estimate of drug-likeness (QED) is 0.833. The van der Waals surface area contributed by atoms with Gasteiger partial charge < -0.3 is 15.5 Å². The third-order valence-electron chi connectivity index (χ3n) is 3.46. The highest BCUT2D eigenvalue weighted by atomic mass is 16.3. The molecule has 2 rings (SSSR count). The number of fused-ring (bicyclic) bond motifs is 1. The summed E-state index contributed by atoms with van der Waals surface area (Å²) in [6.07, 6.45) is 2.91. The Morgan fingerprint density at radius 1 is 1.35 bits per heavy atom. The van der Waals surface area contributed by atoms with Crippen molar-refractivity contribution in [3.05, 3.63) is 36.1 Å². The normalized spacial score (nSPS) is 15.0. The number of furan rings is 1. The van der Waals surface area contributed by atoms with Crippen molar-refractivity contribution in [1.82, 2.24) is 5.32 Å². The lowest BCUT2D eigenvalue weighted by molar-refractivity contribution is 0.377. The molecule has 0 spiro atoms. The number of nitrogens with one attached hydrogen (secondary N) is 1. The SMILES string of the molecule is CCC(CN)C(NC)c1coc2ccccc12. The van der Waals surface area contributed by atoms with E-state index in [2.05, 4.69) is 18.3 Å². The van der Waals surface area contributed by atoms with Gasteiger partial charge in [-0.3, -0.25) is 0 Å². The first-order chi connectivity index (χ1) is 8.31. The predicted octanol–water partition coefficient (Wildman–Crippen LogP) is 2.68. The third kappa shape index (κ3) is 2.21. The molecule has 3 heteroatoms. The van der Waals surface area contributed by atoms with Gasteiger partial charge in [-0.1, -0.05) is 31.5 Å². The van der Waals surface area contributed by atoms with Crippen LogP contribution in [0.25, 0.3) is 11.0 Å². The zero-order chi connectivity index (χ0) is 12.3. The molecule has 3 N–H and O–H groups in total. The van der Waals surface area contributed by atoms with E-state index >= 15 is 0 Å². The lowest BCUT2D eigenvalue weighted by Gasteiger charge is -2.24. The van der Waals surface area contributed by atoms with Gasteiger partial charge in [-0.15, -0.1) is 0 Å². The Morgan fingerprint density at radius 2 is 2.12 bits per heavy atom. The molecule has 2 atom stereocenters. The average molecular weight is 232 g/mol. The predicted molar refractivity (Wildman–Crippen MR) is 70.9 cm³/mol. The van der Waals surface area contributed by atoms with Crippen LogP contribution in [0.2, 0.25) is 0 Å². The second kappa shape index (κ2) is 5.34. The van der Waals surface area contributed by atoms with E-state index in [1.165, 1.54) is 10.9 Å². The van der Waals surface area contributed by atoms with Crippen molar-refractivity contribution in [2.24, 2.45) is 11.7 Å². The zero-order valence-corrected chi connectivity index (χ0v) is 10.4. The average Bonchev–Trinajstić information content (AvgIpc) is 2.79. The highest BCUT2D eigenvalue weighted by Gasteiger charge is 2.22. The molecule has 2 aromatic rings. The van der Waals surface area contributed by atoms with Crippen molar-refractivity contribution in [3.63, 3.8) is 0 Å². The maximum Gasteiger partial charge on any atom is 0.134 e. The number of para-hydroxylation sites is 1. The van der Waals surface area contributed by atoms with E-state index in [9.17, 15) is 0 Å². The Hall–Kier alpha value is -1.32. The molecule has 0 radical (unpaired) electrons. The summed E-state index contributed by atoms with van der Waals surface area (Å²) in [5.41, 5.74) is 7.99. The van der Waals surface area contributed by atoms with Gasteiger partial charge in [-0.2, -0.15) is 0 Å². The summed E-state index contributed by atoms with van der Waals surface area (Å²) in [5, 5.41) is 4.54. The lowest BCUT2D eigenvalue weighted by Crippen LogP contribution is -2.30. The largest absolute Gasteiger partial charge is 0.464 e. The molecule has 92 valence electrons. The van der Waals surface area contributed by atoms with Gasteiger partial charge in [-0.25, -0.2) is 0 Å². The van der Waals surface area contributed by atoms with E-state index in [1.807, 2.05) is 31.5 Å². The fourth-order valence-corrected chi connectivity index (χ4v) is 2.42. The minimum absolute atomic E-state index is 0.258. The van der Waals surface area contributed by atoms with Gasteiger partial charge in [0.1, 0.15) is 5.58 Å². The van der Waals surface area contributed by atoms with Crippen molar-refractivity contribution in [1.29, 1.82) is 0 Å². The van der Waals surface area contributed by atoms with Crippen molar-refractivity contribution < 1.29 is 4.42 Å². The molecule has 0 fully saturated rings. The van der Waals surface area contributed by atoms with Crippen LogP contribution in [0.4, 0.5) is 0 Å². The standard InChI is InChI=1S/C14H20N2O/c1-3-10(8-15)14(16-2)12-9-17-13-7-5-4-6-11(12)13/h4-7,9-10,14,16H,3,8,15H2,1-2H3. The molecule has 0 bridgehead atoms. The molecular formula is C14H20N2O. The Bertz CT molecular complexity index is 474. The van der Waals surface area contributed by atoms with Crippen LogP contribution in [-0.4, -0.2) is 13.6 Å². The van der Waals surface area contributed by atoms with Crippen molar-refractivity contribution in [3.8, 4) is 0 Å². The molecule has 0 aliphatic rings. The van der Waals surface area contributed by atoms with E-state index in [-0.39, 0.29) is 6.04 Å². The summed E-state index contributed by atoms with van der Waals surface area (Å²) in [5.74, 6) is 0.431. The Labute approximate surface area is 102 Å². The van der Waals surface area contributed by atoms with E-state index in [4.69, 9.17) is 10.2 Å². The molecule has 17 heavy (non-hydrogen) atoms. The molecular weight excluding hydrogens is 212 g/mol. The Balaban J connectivity index is 2.42. The van der Waals surface area contributed by atoms with Crippen LogP contribution in [-0.2, 0) is 0 Å². The van der Waals surface area contributed by atoms with Gasteiger partial charge in [0.15, 0.2) is 0 Å². The molecule has 0 saturated carbocycles. The maximum atomic E-state index is 5.84. The van der Waals surface area contributed by atoms with E-state index < -0.39 is 0 Å². The first-order valence-corrected chi connectivity index (χ1v) is 6.15. The monoisotopic (exact) mass is 232 g/mol. The molecule has 0 amide bonds. The van der Waals surface area contributed by atoms with Gasteiger partial charge in [0, 0.05) is 17.0 Å². The second-order valence-electron chi connectivity index (χ2n) is 4.36. The van der Waals surface area contributed by atoms with Gasteiger partial charge >= 0.3 is 0 Å². The number of nitrogens with two attached hydrogens (primary N) is 1. The Kier molecular flexibility index (Phi) is 3.82. The van der Waals surface area contributed by atoms with Gasteiger partial charge in [-0.05, 0) is 25.6 Å². The highest BCUT2D eigenvalue weighted by molar-refractivity contribution is 5.81. The minimum Gasteiger partial charge on any atom is -0.464 e. The molecule has 1 heterocycles. The molecule has 0 saturated heterocycles. The first kappa shape index (κ1) is 12.1. The van der Waals surface area contributed by atoms with Crippen LogP contribution in [0.15, 0.2) is 34.9 Å². The molecule has 3 nitrogen and oxygen atoms in total. The first-order valence-electron chi connectivity index (χ1n) is 6.15. The smallest absolute Gasteiger partial charge is 0.134 e. The van der Waals surface area contributed by atoms with Crippen LogP contribution in [0.1, 0.15) is 24.9 Å². The zero-order valence-electron chi connectivity index (χ0n) is 10.4. The summed E-state index contributed by atoms with van der Waals surface area (Å²) >= 11 is 0. The van der Waals surface area contributed by atoms with Crippen LogP contribution >= 0.6 is 0 Å². The maximum absolute atomic E-state index is 5.84. The number of hydrogen-bond donors (Lipinski definition) is 2. The summed E-state index contributed by atoms with van der Waals surface area (Å²) in [6.45, 7) is 2.85. The van der Waals surface area contributed by atoms with Crippen LogP contribution in [0.3, 0.4) is 0 Å². The second-order valence-corrected chi connectivity index (χ2v) is 4.36. The third-order valence-corrected chi connectivity index (χ3v) is 3.46. The Morgan fingerprint density at radius 3 is 2.76 bits per heavy atom. The van der Waals surface area contributed by atoms with Crippen molar-refractivity contribution >= 4 is 11.0 Å². The van der Waals surface area contributed by atoms with E-state index in [1.54, 1.807) is 0 Å². The number of hydrogen-bond acceptors (Lipinski definition) is 3. The van der Waals surface area contributed by atoms with Gasteiger partial charge in [0.05, 0.1) is 6.26 Å². The van der Waals surface area contributed by atoms with Crippen molar-refractivity contribution in [2.45, 2.75) is 19.4 Å². The molecule has 0 aliphatic heterocycles. The highest BCUT2D eigenvalue weighted by Crippen LogP contribution is 2.31. The summed E-state index contributed by atoms with van der Waals surface area (Å²) in [4.78, 5) is 0. The molecule has 2 unspecified atom stereocenters. The van der Waals surface area contributed by atoms with Crippen LogP contribution in [0.5, 0.6) is 0 Å². The van der Waals surface area contributed by atoms with Gasteiger partial charge in [0.25, 0.3) is 0 Å². The summed E-state index contributed by atoms with van der Waals surface area (Å²) in [6, 6.07) is 8.38. The molecule has 0 aliphatic carbocycles. The lowest BCUT2D eigenvalue weighted by atomic mass is 9.91. The van der Waals surface area contributed by atoms with Gasteiger partial charge in [0.2, 0.25) is 0 Å². The summed E-state index contributed by atoms with van der Waals surface area (Å²) < 4.78 is 5.59. The number of benzene rings is 1. The van der Waals surface area contributed by atoms with E-state index in [0.717, 1.165) is 12.0 Å². The van der Waals surface area contributed by atoms with Crippen molar-refractivity contribution in [2.75, 3.05) is 13.6 Å². The summed E-state index contributed by atoms with van der Waals surface area (Å²) in [7, 11) is 1.98. The topological polar surface area (TPSA) is 51.2 Å². The fraction of sp³-hybridized carbons (Fsp3) is 0.429. The number of rotatable bonds is 5. The van der Waals surface area contributed by atoms with Crippen LogP contribution < -0.4 is 11.1 Å². The van der Waals surface area contributed by atoms with Crippen LogP contribution in [0, 0.1) is 5.92 Å². The molecule has 1 aromatic heterocycles. The fourth-order valence-electron chi connectivity index (χ4n) is 2.42.